The minimum atomic E-state index is 0.809. The summed E-state index contributed by atoms with van der Waals surface area (Å²) in [5.41, 5.74) is 28.1. The molecule has 45 heavy (non-hydrogen) atoms. The van der Waals surface area contributed by atoms with Crippen molar-refractivity contribution >= 4 is 11.4 Å². The Bertz CT molecular complexity index is 1810. The number of benzene rings is 6. The first-order valence-corrected chi connectivity index (χ1v) is 16.0. The molecular formula is C43H42N2. The number of nitrogens with two attached hydrogens (primary N) is 2. The highest BCUT2D eigenvalue weighted by Crippen LogP contribution is 2.22. The van der Waals surface area contributed by atoms with Gasteiger partial charge in [0.15, 0.2) is 0 Å². The third kappa shape index (κ3) is 8.31. The Balaban J connectivity index is 1.03. The van der Waals surface area contributed by atoms with E-state index in [1.54, 1.807) is 0 Å². The van der Waals surface area contributed by atoms with Crippen LogP contribution in [-0.2, 0) is 38.5 Å². The highest BCUT2D eigenvalue weighted by atomic mass is 14.5. The van der Waals surface area contributed by atoms with Crippen LogP contribution in [-0.4, -0.2) is 0 Å². The molecule has 0 fully saturated rings. The zero-order valence-electron chi connectivity index (χ0n) is 26.2. The lowest BCUT2D eigenvalue weighted by Crippen LogP contribution is -1.98. The fraction of sp³-hybridized carbons (Fsp3) is 0.163. The van der Waals surface area contributed by atoms with Crippen molar-refractivity contribution in [3.05, 3.63) is 201 Å². The number of rotatable bonds is 11. The van der Waals surface area contributed by atoms with Crippen LogP contribution < -0.4 is 11.5 Å². The van der Waals surface area contributed by atoms with E-state index in [2.05, 4.69) is 122 Å². The molecule has 0 heterocycles. The topological polar surface area (TPSA) is 52.0 Å². The predicted octanol–water partition coefficient (Wildman–Crippen LogP) is 9.37. The van der Waals surface area contributed by atoms with Gasteiger partial charge in [0.2, 0.25) is 0 Å². The quantitative estimate of drug-likeness (QED) is 0.149. The molecule has 6 rings (SSSR count). The molecule has 224 valence electrons. The number of anilines is 2. The van der Waals surface area contributed by atoms with Gasteiger partial charge >= 0.3 is 0 Å². The summed E-state index contributed by atoms with van der Waals surface area (Å²) >= 11 is 0. The van der Waals surface area contributed by atoms with Gasteiger partial charge in [-0.15, -0.1) is 0 Å². The Labute approximate surface area is 268 Å². The van der Waals surface area contributed by atoms with E-state index in [0.717, 1.165) is 49.9 Å². The Morgan fingerprint density at radius 3 is 0.911 bits per heavy atom. The SMILES string of the molecule is CCc1cc(Cc2ccc(Cc3ccc(Cc4ccc(N)cc4)cc3)cc2)ccc1Cc1ccc(Cc2ccc(N)cc2)cc1. The monoisotopic (exact) mass is 586 g/mol. The Hall–Kier alpha value is -5.08. The lowest BCUT2D eigenvalue weighted by Gasteiger charge is -2.12. The highest BCUT2D eigenvalue weighted by Gasteiger charge is 2.07. The smallest absolute Gasteiger partial charge is 0.0314 e. The average molecular weight is 587 g/mol. The van der Waals surface area contributed by atoms with Gasteiger partial charge < -0.3 is 11.5 Å². The van der Waals surface area contributed by atoms with Crippen molar-refractivity contribution in [1.82, 2.24) is 0 Å². The van der Waals surface area contributed by atoms with Gasteiger partial charge in [-0.1, -0.05) is 122 Å². The van der Waals surface area contributed by atoms with Gasteiger partial charge in [-0.2, -0.15) is 0 Å². The first-order chi connectivity index (χ1) is 22.0. The second kappa shape index (κ2) is 14.1. The summed E-state index contributed by atoms with van der Waals surface area (Å²) < 4.78 is 0. The zero-order valence-corrected chi connectivity index (χ0v) is 26.2. The summed E-state index contributed by atoms with van der Waals surface area (Å²) in [6, 6.07) is 50.6. The second-order valence-electron chi connectivity index (χ2n) is 12.3. The molecule has 0 aliphatic heterocycles. The predicted molar refractivity (Wildman–Crippen MR) is 191 cm³/mol. The van der Waals surface area contributed by atoms with Gasteiger partial charge in [-0.05, 0) is 124 Å². The number of hydrogen-bond donors (Lipinski definition) is 2. The van der Waals surface area contributed by atoms with Crippen molar-refractivity contribution in [3.8, 4) is 0 Å². The van der Waals surface area contributed by atoms with Gasteiger partial charge in [0.05, 0.1) is 0 Å². The van der Waals surface area contributed by atoms with E-state index in [0.29, 0.717) is 0 Å². The van der Waals surface area contributed by atoms with Crippen molar-refractivity contribution in [1.29, 1.82) is 0 Å². The first-order valence-electron chi connectivity index (χ1n) is 16.0. The van der Waals surface area contributed by atoms with E-state index in [9.17, 15) is 0 Å². The zero-order chi connectivity index (χ0) is 31.0. The van der Waals surface area contributed by atoms with Crippen LogP contribution in [0.5, 0.6) is 0 Å². The normalized spacial score (nSPS) is 11.0. The fourth-order valence-electron chi connectivity index (χ4n) is 6.05. The molecule has 0 unspecified atom stereocenters. The van der Waals surface area contributed by atoms with Gasteiger partial charge in [-0.25, -0.2) is 0 Å². The summed E-state index contributed by atoms with van der Waals surface area (Å²) in [7, 11) is 0. The van der Waals surface area contributed by atoms with Gasteiger partial charge in [0, 0.05) is 11.4 Å². The lowest BCUT2D eigenvalue weighted by atomic mass is 9.93. The molecule has 2 heteroatoms. The lowest BCUT2D eigenvalue weighted by molar-refractivity contribution is 1.04. The van der Waals surface area contributed by atoms with Gasteiger partial charge in [0.1, 0.15) is 0 Å². The maximum Gasteiger partial charge on any atom is 0.0314 e. The molecule has 0 aliphatic carbocycles. The van der Waals surface area contributed by atoms with Crippen LogP contribution in [0.1, 0.15) is 68.1 Å². The van der Waals surface area contributed by atoms with Crippen LogP contribution in [0.3, 0.4) is 0 Å². The van der Waals surface area contributed by atoms with Crippen molar-refractivity contribution in [2.45, 2.75) is 45.4 Å². The second-order valence-corrected chi connectivity index (χ2v) is 12.3. The van der Waals surface area contributed by atoms with Crippen LogP contribution >= 0.6 is 0 Å². The molecule has 0 amide bonds. The van der Waals surface area contributed by atoms with Crippen molar-refractivity contribution < 1.29 is 0 Å². The third-order valence-electron chi connectivity index (χ3n) is 8.71. The molecule has 0 atom stereocenters. The minimum Gasteiger partial charge on any atom is -0.399 e. The van der Waals surface area contributed by atoms with Crippen LogP contribution in [0.4, 0.5) is 11.4 Å². The van der Waals surface area contributed by atoms with E-state index in [1.165, 1.54) is 61.2 Å². The highest BCUT2D eigenvalue weighted by molar-refractivity contribution is 5.43. The van der Waals surface area contributed by atoms with E-state index < -0.39 is 0 Å². The van der Waals surface area contributed by atoms with Gasteiger partial charge in [0.25, 0.3) is 0 Å². The molecule has 0 radical (unpaired) electrons. The fourth-order valence-corrected chi connectivity index (χ4v) is 6.05. The van der Waals surface area contributed by atoms with Crippen molar-refractivity contribution in [2.75, 3.05) is 11.5 Å². The Morgan fingerprint density at radius 2 is 0.578 bits per heavy atom. The van der Waals surface area contributed by atoms with E-state index in [4.69, 9.17) is 11.5 Å². The van der Waals surface area contributed by atoms with Crippen molar-refractivity contribution in [3.63, 3.8) is 0 Å². The molecule has 4 N–H and O–H groups in total. The molecule has 6 aromatic rings. The molecule has 2 nitrogen and oxygen atoms in total. The Morgan fingerprint density at radius 1 is 0.311 bits per heavy atom. The molecule has 0 saturated carbocycles. The molecule has 0 aromatic heterocycles. The average Bonchev–Trinajstić information content (AvgIpc) is 3.06. The summed E-state index contributed by atoms with van der Waals surface area (Å²) in [6.07, 6.45) is 5.75. The molecule has 0 spiro atoms. The number of aryl methyl sites for hydroxylation is 1. The molecule has 6 aromatic carbocycles. The maximum absolute atomic E-state index is 5.83. The molecule has 0 bridgehead atoms. The summed E-state index contributed by atoms with van der Waals surface area (Å²) in [5, 5.41) is 0. The van der Waals surface area contributed by atoms with E-state index >= 15 is 0 Å². The summed E-state index contributed by atoms with van der Waals surface area (Å²) in [6.45, 7) is 2.26. The minimum absolute atomic E-state index is 0.809. The molecule has 0 aliphatic rings. The van der Waals surface area contributed by atoms with E-state index in [1.807, 2.05) is 24.3 Å². The van der Waals surface area contributed by atoms with Crippen molar-refractivity contribution in [2.24, 2.45) is 0 Å². The third-order valence-corrected chi connectivity index (χ3v) is 8.71. The van der Waals surface area contributed by atoms with E-state index in [-0.39, 0.29) is 0 Å². The number of nitrogen functional groups attached to an aromatic ring is 2. The van der Waals surface area contributed by atoms with Crippen LogP contribution in [0, 0.1) is 0 Å². The standard InChI is InChI=1S/C43H42N2/c1-2-40-30-39(15-20-41(40)29-38-13-11-34(12-14-38)27-37-18-23-43(45)24-19-37)28-35-9-7-32(8-10-35)25-31-3-5-33(6-4-31)26-36-16-21-42(44)22-17-36/h3-24,30H,2,25-29,44-45H2,1H3. The van der Waals surface area contributed by atoms with Crippen LogP contribution in [0.2, 0.25) is 0 Å². The number of hydrogen-bond acceptors (Lipinski definition) is 2. The first kappa shape index (κ1) is 30.0. The summed E-state index contributed by atoms with van der Waals surface area (Å²) in [4.78, 5) is 0. The molecule has 0 saturated heterocycles. The van der Waals surface area contributed by atoms with Gasteiger partial charge in [-0.3, -0.25) is 0 Å². The van der Waals surface area contributed by atoms with Crippen LogP contribution in [0.15, 0.2) is 140 Å². The largest absolute Gasteiger partial charge is 0.399 e. The summed E-state index contributed by atoms with van der Waals surface area (Å²) in [5.74, 6) is 0. The maximum atomic E-state index is 5.83. The van der Waals surface area contributed by atoms with Crippen LogP contribution in [0.25, 0.3) is 0 Å². The Kier molecular flexibility index (Phi) is 9.41. The molecular weight excluding hydrogens is 544 g/mol.